The van der Waals surface area contributed by atoms with Gasteiger partial charge in [0.2, 0.25) is 0 Å². The van der Waals surface area contributed by atoms with Crippen LogP contribution in [0, 0.1) is 0 Å². The van der Waals surface area contributed by atoms with Crippen molar-refractivity contribution in [3.63, 3.8) is 0 Å². The average Bonchev–Trinajstić information content (AvgIpc) is 2.59. The van der Waals surface area contributed by atoms with Gasteiger partial charge in [-0.25, -0.2) is 4.79 Å². The maximum atomic E-state index is 11.8. The van der Waals surface area contributed by atoms with Crippen LogP contribution in [0.1, 0.15) is 24.7 Å². The van der Waals surface area contributed by atoms with Crippen LogP contribution >= 0.6 is 11.8 Å². The molecule has 0 amide bonds. The minimum Gasteiger partial charge on any atom is -0.485 e. The standard InChI is InChI=1S/C20H18O4S/c1-20(2)19(22)18(25-13-6-4-3-5-7-13)16-14(24-20)10-8-12-9-11-15(21)23-17(12)16/h3-11,18-19,22H,1-2H3/t18-,19-/m1/s1. The van der Waals surface area contributed by atoms with E-state index in [9.17, 15) is 9.90 Å². The number of aliphatic hydroxyl groups is 1. The van der Waals surface area contributed by atoms with Crippen molar-refractivity contribution >= 4 is 22.7 Å². The van der Waals surface area contributed by atoms with Crippen LogP contribution < -0.4 is 10.4 Å². The summed E-state index contributed by atoms with van der Waals surface area (Å²) in [6.07, 6.45) is -0.763. The van der Waals surface area contributed by atoms with Gasteiger partial charge in [-0.3, -0.25) is 0 Å². The van der Waals surface area contributed by atoms with Crippen molar-refractivity contribution in [3.05, 3.63) is 70.6 Å². The molecule has 1 aromatic heterocycles. The number of aliphatic hydroxyl groups excluding tert-OH is 1. The van der Waals surface area contributed by atoms with Gasteiger partial charge in [0, 0.05) is 16.3 Å². The highest BCUT2D eigenvalue weighted by molar-refractivity contribution is 7.99. The predicted octanol–water partition coefficient (Wildman–Crippen LogP) is 4.16. The molecule has 2 aromatic carbocycles. The van der Waals surface area contributed by atoms with Crippen molar-refractivity contribution in [1.82, 2.24) is 0 Å². The molecule has 0 fully saturated rings. The molecule has 0 bridgehead atoms. The third-order valence-electron chi connectivity index (χ3n) is 4.45. The highest BCUT2D eigenvalue weighted by Crippen LogP contribution is 2.51. The molecule has 0 unspecified atom stereocenters. The van der Waals surface area contributed by atoms with Gasteiger partial charge in [-0.15, -0.1) is 11.8 Å². The van der Waals surface area contributed by atoms with Crippen LogP contribution in [0.25, 0.3) is 11.0 Å². The number of thioether (sulfide) groups is 1. The first-order valence-corrected chi connectivity index (χ1v) is 8.99. The average molecular weight is 354 g/mol. The van der Waals surface area contributed by atoms with Crippen LogP contribution in [-0.4, -0.2) is 16.8 Å². The van der Waals surface area contributed by atoms with Gasteiger partial charge >= 0.3 is 5.63 Å². The maximum Gasteiger partial charge on any atom is 0.336 e. The van der Waals surface area contributed by atoms with Crippen LogP contribution in [0.15, 0.2) is 68.7 Å². The van der Waals surface area contributed by atoms with E-state index in [0.717, 1.165) is 15.8 Å². The third-order valence-corrected chi connectivity index (χ3v) is 5.74. The Bertz CT molecular complexity index is 978. The number of hydrogen-bond donors (Lipinski definition) is 1. The van der Waals surface area contributed by atoms with Crippen molar-refractivity contribution in [2.45, 2.75) is 35.7 Å². The Morgan fingerprint density at radius 3 is 2.52 bits per heavy atom. The Morgan fingerprint density at radius 1 is 1.04 bits per heavy atom. The van der Waals surface area contributed by atoms with Gasteiger partial charge in [-0.1, -0.05) is 18.2 Å². The number of fused-ring (bicyclic) bond motifs is 3. The van der Waals surface area contributed by atoms with Crippen molar-refractivity contribution < 1.29 is 14.3 Å². The number of benzene rings is 2. The van der Waals surface area contributed by atoms with Gasteiger partial charge in [-0.2, -0.15) is 0 Å². The maximum absolute atomic E-state index is 11.8. The van der Waals surface area contributed by atoms with Crippen molar-refractivity contribution in [2.75, 3.05) is 0 Å². The second kappa shape index (κ2) is 5.93. The molecular weight excluding hydrogens is 336 g/mol. The molecule has 3 aromatic rings. The SMILES string of the molecule is CC1(C)Oc2ccc3ccc(=O)oc3c2[C@@H](Sc2ccccc2)[C@H]1O. The lowest BCUT2D eigenvalue weighted by Gasteiger charge is -2.41. The fourth-order valence-corrected chi connectivity index (χ4v) is 4.53. The van der Waals surface area contributed by atoms with Gasteiger partial charge in [-0.05, 0) is 44.2 Å². The third kappa shape index (κ3) is 2.83. The first-order chi connectivity index (χ1) is 12.0. The zero-order chi connectivity index (χ0) is 17.6. The summed E-state index contributed by atoms with van der Waals surface area (Å²) in [5, 5.41) is 11.5. The van der Waals surface area contributed by atoms with Crippen molar-refractivity contribution in [3.8, 4) is 5.75 Å². The Hall–Kier alpha value is -2.24. The molecule has 4 nitrogen and oxygen atoms in total. The minimum atomic E-state index is -0.763. The lowest BCUT2D eigenvalue weighted by atomic mass is 9.89. The lowest BCUT2D eigenvalue weighted by molar-refractivity contribution is -0.0427. The van der Waals surface area contributed by atoms with Gasteiger partial charge in [0.05, 0.1) is 10.8 Å². The normalized spacial score (nSPS) is 21.6. The molecule has 2 atom stereocenters. The number of ether oxygens (including phenoxy) is 1. The Balaban J connectivity index is 1.93. The zero-order valence-electron chi connectivity index (χ0n) is 13.9. The largest absolute Gasteiger partial charge is 0.485 e. The monoisotopic (exact) mass is 354 g/mol. The summed E-state index contributed by atoms with van der Waals surface area (Å²) in [5.41, 5.74) is 0.0508. The van der Waals surface area contributed by atoms with E-state index in [4.69, 9.17) is 9.15 Å². The number of hydrogen-bond acceptors (Lipinski definition) is 5. The quantitative estimate of drug-likeness (QED) is 0.700. The molecule has 5 heteroatoms. The van der Waals surface area contributed by atoms with Gasteiger partial charge < -0.3 is 14.3 Å². The molecule has 1 aliphatic rings. The fourth-order valence-electron chi connectivity index (χ4n) is 3.13. The van der Waals surface area contributed by atoms with Crippen LogP contribution in [0.3, 0.4) is 0 Å². The highest BCUT2D eigenvalue weighted by atomic mass is 32.2. The lowest BCUT2D eigenvalue weighted by Crippen LogP contribution is -2.48. The Kier molecular flexibility index (Phi) is 3.85. The van der Waals surface area contributed by atoms with Gasteiger partial charge in [0.1, 0.15) is 23.0 Å². The summed E-state index contributed by atoms with van der Waals surface area (Å²) in [6.45, 7) is 3.73. The summed E-state index contributed by atoms with van der Waals surface area (Å²) in [6, 6.07) is 16.8. The summed E-state index contributed by atoms with van der Waals surface area (Å²) < 4.78 is 11.5. The topological polar surface area (TPSA) is 59.7 Å². The van der Waals surface area contributed by atoms with Crippen molar-refractivity contribution in [2.24, 2.45) is 0 Å². The Labute approximate surface area is 149 Å². The highest BCUT2D eigenvalue weighted by Gasteiger charge is 2.44. The van der Waals surface area contributed by atoms with E-state index in [1.54, 1.807) is 17.8 Å². The second-order valence-corrected chi connectivity index (χ2v) is 7.87. The van der Waals surface area contributed by atoms with Crippen LogP contribution in [-0.2, 0) is 0 Å². The first-order valence-electron chi connectivity index (χ1n) is 8.11. The molecule has 2 heterocycles. The fraction of sp³-hybridized carbons (Fsp3) is 0.250. The van der Waals surface area contributed by atoms with Crippen LogP contribution in [0.5, 0.6) is 5.75 Å². The molecule has 4 rings (SSSR count). The molecule has 0 radical (unpaired) electrons. The van der Waals surface area contributed by atoms with Crippen LogP contribution in [0.4, 0.5) is 0 Å². The first kappa shape index (κ1) is 16.2. The predicted molar refractivity (Wildman–Crippen MR) is 98.2 cm³/mol. The molecular formula is C20H18O4S. The van der Waals surface area contributed by atoms with Gasteiger partial charge in [0.25, 0.3) is 0 Å². The summed E-state index contributed by atoms with van der Waals surface area (Å²) in [4.78, 5) is 12.8. The van der Waals surface area contributed by atoms with E-state index >= 15 is 0 Å². The van der Waals surface area contributed by atoms with Crippen molar-refractivity contribution in [1.29, 1.82) is 0 Å². The Morgan fingerprint density at radius 2 is 1.76 bits per heavy atom. The van der Waals surface area contributed by atoms with Gasteiger partial charge in [0.15, 0.2) is 0 Å². The van der Waals surface area contributed by atoms with E-state index in [-0.39, 0.29) is 5.25 Å². The molecule has 0 saturated carbocycles. The van der Waals surface area contributed by atoms with E-state index in [1.807, 2.05) is 56.3 Å². The molecule has 0 aliphatic carbocycles. The molecule has 1 N–H and O–H groups in total. The minimum absolute atomic E-state index is 0.310. The zero-order valence-corrected chi connectivity index (χ0v) is 14.7. The summed E-state index contributed by atoms with van der Waals surface area (Å²) in [7, 11) is 0. The molecule has 25 heavy (non-hydrogen) atoms. The smallest absolute Gasteiger partial charge is 0.336 e. The molecule has 0 spiro atoms. The van der Waals surface area contributed by atoms with E-state index < -0.39 is 17.3 Å². The second-order valence-electron chi connectivity index (χ2n) is 6.65. The molecule has 0 saturated heterocycles. The van der Waals surface area contributed by atoms with E-state index in [0.29, 0.717) is 11.3 Å². The molecule has 128 valence electrons. The summed E-state index contributed by atoms with van der Waals surface area (Å²) >= 11 is 1.55. The number of rotatable bonds is 2. The summed E-state index contributed by atoms with van der Waals surface area (Å²) in [5.74, 6) is 0.644. The van der Waals surface area contributed by atoms with Crippen LogP contribution in [0.2, 0.25) is 0 Å². The van der Waals surface area contributed by atoms with E-state index in [1.165, 1.54) is 6.07 Å². The van der Waals surface area contributed by atoms with E-state index in [2.05, 4.69) is 0 Å². The molecule has 1 aliphatic heterocycles.